The average Bonchev–Trinajstić information content (AvgIpc) is 3.18. The Bertz CT molecular complexity index is 949. The molecule has 1 aromatic carbocycles. The number of nitrogen functional groups attached to an aromatic ring is 1. The van der Waals surface area contributed by atoms with E-state index in [0.29, 0.717) is 11.0 Å². The molecule has 2 aromatic heterocycles. The highest BCUT2D eigenvalue weighted by Crippen LogP contribution is 2.38. The Labute approximate surface area is 147 Å². The zero-order valence-electron chi connectivity index (χ0n) is 13.5. The minimum absolute atomic E-state index is 0.0201. The molecule has 0 spiro atoms. The van der Waals surface area contributed by atoms with Crippen molar-refractivity contribution in [2.24, 2.45) is 0 Å². The van der Waals surface area contributed by atoms with E-state index < -0.39 is 36.5 Å². The summed E-state index contributed by atoms with van der Waals surface area (Å²) in [5.74, 6) is -0.356. The molecule has 5 atom stereocenters. The van der Waals surface area contributed by atoms with Crippen LogP contribution in [-0.4, -0.2) is 48.2 Å². The van der Waals surface area contributed by atoms with Gasteiger partial charge in [-0.1, -0.05) is 18.2 Å². The molecule has 3 heterocycles. The number of halogens is 1. The smallest absolute Gasteiger partial charge is 0.164 e. The molecule has 8 nitrogen and oxygen atoms in total. The van der Waals surface area contributed by atoms with Gasteiger partial charge in [-0.2, -0.15) is 0 Å². The van der Waals surface area contributed by atoms with E-state index in [1.165, 1.54) is 29.1 Å². The van der Waals surface area contributed by atoms with Gasteiger partial charge >= 0.3 is 0 Å². The zero-order chi connectivity index (χ0) is 18.4. The number of nitrogens with zero attached hydrogens (tertiary/aromatic N) is 3. The van der Waals surface area contributed by atoms with Gasteiger partial charge in [-0.25, -0.2) is 14.4 Å². The number of aromatic nitrogens is 3. The lowest BCUT2D eigenvalue weighted by Gasteiger charge is -2.21. The molecule has 136 valence electrons. The Balaban J connectivity index is 1.68. The molecule has 5 N–H and O–H groups in total. The quantitative estimate of drug-likeness (QED) is 0.536. The fourth-order valence-electron chi connectivity index (χ4n) is 3.26. The maximum Gasteiger partial charge on any atom is 0.164 e. The van der Waals surface area contributed by atoms with Crippen LogP contribution in [0.4, 0.5) is 10.2 Å². The third kappa shape index (κ3) is 2.53. The molecule has 1 saturated heterocycles. The molecule has 1 aliphatic rings. The van der Waals surface area contributed by atoms with E-state index in [9.17, 15) is 19.7 Å². The number of ether oxygens (including phenoxy) is 1. The summed E-state index contributed by atoms with van der Waals surface area (Å²) in [6, 6.07) is 7.32. The molecule has 3 aromatic rings. The first-order chi connectivity index (χ1) is 12.5. The molecule has 26 heavy (non-hydrogen) atoms. The number of aliphatic hydroxyl groups excluding tert-OH is 3. The normalized spacial score (nSPS) is 27.1. The molecular weight excluding hydrogens is 343 g/mol. The second kappa shape index (κ2) is 6.29. The predicted molar refractivity (Wildman–Crippen MR) is 89.2 cm³/mol. The van der Waals surface area contributed by atoms with Crippen LogP contribution in [0, 0.1) is 5.82 Å². The molecule has 0 aliphatic carbocycles. The monoisotopic (exact) mass is 360 g/mol. The van der Waals surface area contributed by atoms with Crippen LogP contribution in [0.15, 0.2) is 42.9 Å². The van der Waals surface area contributed by atoms with Gasteiger partial charge in [-0.05, 0) is 12.1 Å². The summed E-state index contributed by atoms with van der Waals surface area (Å²) in [5.41, 5.74) is 6.19. The van der Waals surface area contributed by atoms with Gasteiger partial charge in [0.05, 0.1) is 5.39 Å². The Morgan fingerprint density at radius 2 is 1.92 bits per heavy atom. The molecule has 1 fully saturated rings. The van der Waals surface area contributed by atoms with Gasteiger partial charge in [0.1, 0.15) is 48.0 Å². The van der Waals surface area contributed by atoms with Gasteiger partial charge in [0.2, 0.25) is 0 Å². The van der Waals surface area contributed by atoms with Gasteiger partial charge in [0.15, 0.2) is 6.23 Å². The largest absolute Gasteiger partial charge is 0.387 e. The zero-order valence-corrected chi connectivity index (χ0v) is 13.5. The third-order valence-electron chi connectivity index (χ3n) is 4.62. The molecule has 0 saturated carbocycles. The second-order valence-corrected chi connectivity index (χ2v) is 6.16. The molecule has 0 bridgehead atoms. The summed E-state index contributed by atoms with van der Waals surface area (Å²) in [6.45, 7) is 0. The van der Waals surface area contributed by atoms with E-state index in [4.69, 9.17) is 10.5 Å². The van der Waals surface area contributed by atoms with Crippen molar-refractivity contribution in [1.82, 2.24) is 14.5 Å². The first-order valence-electron chi connectivity index (χ1n) is 8.00. The molecule has 0 amide bonds. The first kappa shape index (κ1) is 16.9. The van der Waals surface area contributed by atoms with Crippen molar-refractivity contribution in [3.63, 3.8) is 0 Å². The van der Waals surface area contributed by atoms with Crippen molar-refractivity contribution in [1.29, 1.82) is 0 Å². The van der Waals surface area contributed by atoms with E-state index in [1.54, 1.807) is 18.3 Å². The Morgan fingerprint density at radius 3 is 2.69 bits per heavy atom. The predicted octanol–water partition coefficient (Wildman–Crippen LogP) is 0.505. The van der Waals surface area contributed by atoms with Gasteiger partial charge in [-0.15, -0.1) is 0 Å². The Kier molecular flexibility index (Phi) is 4.08. The Morgan fingerprint density at radius 1 is 1.15 bits per heavy atom. The SMILES string of the molecule is Nc1ncnc2c1ccn2[C@@H]1O[C@H]([C@H](O)c2ccccc2F)[C@@H](O)[C@H]1O. The third-order valence-corrected chi connectivity index (χ3v) is 4.62. The number of benzene rings is 1. The van der Waals surface area contributed by atoms with Crippen molar-refractivity contribution in [3.8, 4) is 0 Å². The lowest BCUT2D eigenvalue weighted by Crippen LogP contribution is -2.35. The number of aliphatic hydroxyl groups is 3. The maximum absolute atomic E-state index is 13.9. The van der Waals surface area contributed by atoms with Crippen molar-refractivity contribution in [2.45, 2.75) is 30.6 Å². The number of fused-ring (bicyclic) bond motifs is 1. The number of hydrogen-bond donors (Lipinski definition) is 4. The topological polar surface area (TPSA) is 127 Å². The minimum atomic E-state index is -1.45. The average molecular weight is 360 g/mol. The summed E-state index contributed by atoms with van der Waals surface area (Å²) in [6.07, 6.45) is -3.61. The van der Waals surface area contributed by atoms with E-state index in [0.717, 1.165) is 0 Å². The van der Waals surface area contributed by atoms with Crippen molar-refractivity contribution >= 4 is 16.9 Å². The fraction of sp³-hybridized carbons (Fsp3) is 0.294. The second-order valence-electron chi connectivity index (χ2n) is 6.16. The van der Waals surface area contributed by atoms with Crippen LogP contribution in [-0.2, 0) is 4.74 Å². The van der Waals surface area contributed by atoms with Crippen molar-refractivity contribution in [3.05, 3.63) is 54.2 Å². The lowest BCUT2D eigenvalue weighted by atomic mass is 9.99. The number of nitrogens with two attached hydrogens (primary N) is 1. The van der Waals surface area contributed by atoms with Crippen LogP contribution in [0.3, 0.4) is 0 Å². The van der Waals surface area contributed by atoms with E-state index in [1.807, 2.05) is 0 Å². The Hall–Kier alpha value is -2.59. The summed E-state index contributed by atoms with van der Waals surface area (Å²) in [5, 5.41) is 31.8. The van der Waals surface area contributed by atoms with E-state index >= 15 is 0 Å². The van der Waals surface area contributed by atoms with Crippen LogP contribution >= 0.6 is 0 Å². The molecule has 1 aliphatic heterocycles. The van der Waals surface area contributed by atoms with Crippen LogP contribution in [0.25, 0.3) is 11.0 Å². The summed E-state index contributed by atoms with van der Waals surface area (Å²) >= 11 is 0. The molecule has 0 unspecified atom stereocenters. The van der Waals surface area contributed by atoms with Crippen molar-refractivity contribution < 1.29 is 24.4 Å². The van der Waals surface area contributed by atoms with E-state index in [2.05, 4.69) is 9.97 Å². The van der Waals surface area contributed by atoms with Crippen LogP contribution in [0.5, 0.6) is 0 Å². The van der Waals surface area contributed by atoms with Gasteiger partial charge in [0, 0.05) is 11.8 Å². The van der Waals surface area contributed by atoms with Crippen LogP contribution in [0.2, 0.25) is 0 Å². The minimum Gasteiger partial charge on any atom is -0.387 e. The van der Waals surface area contributed by atoms with Crippen LogP contribution in [0.1, 0.15) is 17.9 Å². The van der Waals surface area contributed by atoms with E-state index in [-0.39, 0.29) is 11.4 Å². The number of rotatable bonds is 3. The molecule has 0 radical (unpaired) electrons. The molecule has 9 heteroatoms. The first-order valence-corrected chi connectivity index (χ1v) is 8.00. The van der Waals surface area contributed by atoms with Gasteiger partial charge in [-0.3, -0.25) is 0 Å². The number of hydrogen-bond acceptors (Lipinski definition) is 7. The highest BCUT2D eigenvalue weighted by molar-refractivity contribution is 5.86. The van der Waals surface area contributed by atoms with Gasteiger partial charge in [0.25, 0.3) is 0 Å². The standard InChI is InChI=1S/C17H17FN4O4/c18-10-4-2-1-3-8(10)11(23)14-12(24)13(25)17(26-14)22-6-5-9-15(19)20-7-21-16(9)22/h1-7,11-14,17,23-25H,(H2,19,20,21)/t11-,12+,13-,14-,17-/m1/s1. The molecule has 4 rings (SSSR count). The maximum atomic E-state index is 13.9. The molecular formula is C17H17FN4O4. The summed E-state index contributed by atoms with van der Waals surface area (Å²) < 4.78 is 21.1. The lowest BCUT2D eigenvalue weighted by molar-refractivity contribution is -0.0856. The summed E-state index contributed by atoms with van der Waals surface area (Å²) in [7, 11) is 0. The fourth-order valence-corrected chi connectivity index (χ4v) is 3.26. The highest BCUT2D eigenvalue weighted by Gasteiger charge is 2.47. The summed E-state index contributed by atoms with van der Waals surface area (Å²) in [4.78, 5) is 8.02. The number of anilines is 1. The van der Waals surface area contributed by atoms with Gasteiger partial charge < -0.3 is 30.4 Å². The van der Waals surface area contributed by atoms with Crippen molar-refractivity contribution in [2.75, 3.05) is 5.73 Å². The highest BCUT2D eigenvalue weighted by atomic mass is 19.1. The van der Waals surface area contributed by atoms with Crippen LogP contribution < -0.4 is 5.73 Å².